The lowest BCUT2D eigenvalue weighted by Crippen LogP contribution is -2.36. The van der Waals surface area contributed by atoms with E-state index in [1.165, 1.54) is 0 Å². The van der Waals surface area contributed by atoms with E-state index in [0.717, 1.165) is 11.1 Å². The fraction of sp³-hybridized carbons (Fsp3) is 0.529. The highest BCUT2D eigenvalue weighted by Crippen LogP contribution is 2.11. The summed E-state index contributed by atoms with van der Waals surface area (Å²) in [6, 6.07) is 6.99. The second-order valence-electron chi connectivity index (χ2n) is 6.30. The topological polar surface area (TPSA) is 87.7 Å². The third-order valence-electron chi connectivity index (χ3n) is 3.19. The van der Waals surface area contributed by atoms with Gasteiger partial charge in [-0.2, -0.15) is 0 Å². The maximum Gasteiger partial charge on any atom is 0.407 e. The Morgan fingerprint density at radius 1 is 1.17 bits per heavy atom. The van der Waals surface area contributed by atoms with Crippen molar-refractivity contribution in [2.45, 2.75) is 58.8 Å². The molecule has 0 bridgehead atoms. The smallest absolute Gasteiger partial charge is 0.407 e. The summed E-state index contributed by atoms with van der Waals surface area (Å²) in [5.41, 5.74) is 1.33. The van der Waals surface area contributed by atoms with Gasteiger partial charge in [-0.25, -0.2) is 4.79 Å². The summed E-state index contributed by atoms with van der Waals surface area (Å²) in [4.78, 5) is 22.8. The van der Waals surface area contributed by atoms with Crippen molar-refractivity contribution in [3.05, 3.63) is 35.4 Å². The lowest BCUT2D eigenvalue weighted by molar-refractivity contribution is -0.139. The monoisotopic (exact) mass is 322 g/mol. The zero-order valence-electron chi connectivity index (χ0n) is 14.2. The van der Waals surface area contributed by atoms with E-state index >= 15 is 0 Å². The van der Waals surface area contributed by atoms with Crippen molar-refractivity contribution in [1.29, 1.82) is 0 Å². The number of benzene rings is 1. The van der Waals surface area contributed by atoms with Crippen molar-refractivity contribution >= 4 is 12.1 Å². The predicted molar refractivity (Wildman–Crippen MR) is 88.1 cm³/mol. The number of nitrogens with one attached hydrogen (secondary N) is 2. The summed E-state index contributed by atoms with van der Waals surface area (Å²) in [5.74, 6) is -0.864. The minimum atomic E-state index is -0.864. The van der Waals surface area contributed by atoms with Gasteiger partial charge in [-0.05, 0) is 38.3 Å². The van der Waals surface area contributed by atoms with Crippen LogP contribution in [0.4, 0.5) is 4.79 Å². The van der Waals surface area contributed by atoms with Crippen LogP contribution in [0.25, 0.3) is 0 Å². The summed E-state index contributed by atoms with van der Waals surface area (Å²) in [5, 5.41) is 14.8. The molecule has 1 aromatic carbocycles. The molecule has 1 aromatic rings. The molecule has 0 saturated heterocycles. The number of rotatable bonds is 7. The normalized spacial score (nSPS) is 12.5. The van der Waals surface area contributed by atoms with E-state index in [9.17, 15) is 9.59 Å². The van der Waals surface area contributed by atoms with Crippen LogP contribution in [0.3, 0.4) is 0 Å². The minimum Gasteiger partial charge on any atom is -0.480 e. The van der Waals surface area contributed by atoms with Gasteiger partial charge in [0.15, 0.2) is 0 Å². The highest BCUT2D eigenvalue weighted by atomic mass is 16.6. The van der Waals surface area contributed by atoms with E-state index in [0.29, 0.717) is 19.5 Å². The molecule has 6 nitrogen and oxygen atoms in total. The van der Waals surface area contributed by atoms with Crippen LogP contribution in [0.15, 0.2) is 24.3 Å². The van der Waals surface area contributed by atoms with E-state index < -0.39 is 23.7 Å². The van der Waals surface area contributed by atoms with Crippen LogP contribution in [0.5, 0.6) is 0 Å². The van der Waals surface area contributed by atoms with Crippen LogP contribution in [0.1, 0.15) is 45.2 Å². The van der Waals surface area contributed by atoms with Crippen LogP contribution in [-0.2, 0) is 22.6 Å². The van der Waals surface area contributed by atoms with Crippen LogP contribution < -0.4 is 10.6 Å². The Balaban J connectivity index is 2.63. The molecule has 128 valence electrons. The zero-order chi connectivity index (χ0) is 17.5. The summed E-state index contributed by atoms with van der Waals surface area (Å²) >= 11 is 0. The fourth-order valence-corrected chi connectivity index (χ4v) is 2.02. The number of alkyl carbamates (subject to hydrolysis) is 1. The lowest BCUT2D eigenvalue weighted by Gasteiger charge is -2.20. The van der Waals surface area contributed by atoms with Gasteiger partial charge in [0.1, 0.15) is 11.6 Å². The number of aliphatic carboxylic acids is 1. The van der Waals surface area contributed by atoms with Gasteiger partial charge in [-0.15, -0.1) is 0 Å². The van der Waals surface area contributed by atoms with Crippen molar-refractivity contribution in [3.63, 3.8) is 0 Å². The fourth-order valence-electron chi connectivity index (χ4n) is 2.02. The van der Waals surface area contributed by atoms with Gasteiger partial charge in [0.25, 0.3) is 0 Å². The first-order valence-electron chi connectivity index (χ1n) is 7.72. The summed E-state index contributed by atoms with van der Waals surface area (Å²) in [6.07, 6.45) is 0.0328. The van der Waals surface area contributed by atoms with E-state index in [1.807, 2.05) is 31.2 Å². The van der Waals surface area contributed by atoms with E-state index in [1.54, 1.807) is 20.8 Å². The molecular formula is C17H26N2O4. The van der Waals surface area contributed by atoms with Crippen LogP contribution in [-0.4, -0.2) is 28.8 Å². The molecule has 1 amide bonds. The number of ether oxygens (including phenoxy) is 1. The molecule has 0 spiro atoms. The Hall–Kier alpha value is -2.08. The summed E-state index contributed by atoms with van der Waals surface area (Å²) in [7, 11) is 0. The molecule has 0 radical (unpaired) electrons. The first-order chi connectivity index (χ1) is 10.7. The molecule has 1 atom stereocenters. The number of carboxylic acids is 1. The van der Waals surface area contributed by atoms with Crippen molar-refractivity contribution in [2.75, 3.05) is 0 Å². The molecule has 0 fully saturated rings. The second-order valence-corrected chi connectivity index (χ2v) is 6.30. The molecule has 0 aliphatic carbocycles. The van der Waals surface area contributed by atoms with Crippen LogP contribution in [0, 0.1) is 0 Å². The van der Waals surface area contributed by atoms with Crippen molar-refractivity contribution in [1.82, 2.24) is 10.6 Å². The third-order valence-corrected chi connectivity index (χ3v) is 3.19. The first-order valence-corrected chi connectivity index (χ1v) is 7.72. The molecule has 1 unspecified atom stereocenters. The molecule has 0 aromatic heterocycles. The summed E-state index contributed by atoms with van der Waals surface area (Å²) in [6.45, 7) is 8.00. The standard InChI is InChI=1S/C17H26N2O4/c1-5-14(15(20)21)18-10-12-8-6-7-9-13(12)11-19-16(22)23-17(2,3)4/h6-9,14,18H,5,10-11H2,1-4H3,(H,19,22)(H,20,21). The number of hydrogen-bond donors (Lipinski definition) is 3. The van der Waals surface area contributed by atoms with Gasteiger partial charge < -0.3 is 20.5 Å². The average molecular weight is 322 g/mol. The number of carbonyl (C=O) groups is 2. The SMILES string of the molecule is CCC(NCc1ccccc1CNC(=O)OC(C)(C)C)C(=O)O. The van der Waals surface area contributed by atoms with Gasteiger partial charge >= 0.3 is 12.1 Å². The van der Waals surface area contributed by atoms with Crippen molar-refractivity contribution < 1.29 is 19.4 Å². The Bertz CT molecular complexity index is 538. The average Bonchev–Trinajstić information content (AvgIpc) is 2.44. The first kappa shape index (κ1) is 19.0. The largest absolute Gasteiger partial charge is 0.480 e. The predicted octanol–water partition coefficient (Wildman–Crippen LogP) is 2.66. The van der Waals surface area contributed by atoms with Crippen LogP contribution in [0.2, 0.25) is 0 Å². The lowest BCUT2D eigenvalue weighted by atomic mass is 10.1. The van der Waals surface area contributed by atoms with E-state index in [4.69, 9.17) is 9.84 Å². The number of carboxylic acid groups (broad SMARTS) is 1. The molecule has 0 aliphatic heterocycles. The summed E-state index contributed by atoms with van der Waals surface area (Å²) < 4.78 is 5.20. The van der Waals surface area contributed by atoms with E-state index in [-0.39, 0.29) is 0 Å². The number of carbonyl (C=O) groups excluding carboxylic acids is 1. The quantitative estimate of drug-likeness (QED) is 0.718. The maximum absolute atomic E-state index is 11.7. The van der Waals surface area contributed by atoms with E-state index in [2.05, 4.69) is 10.6 Å². The zero-order valence-corrected chi connectivity index (χ0v) is 14.2. The maximum atomic E-state index is 11.7. The number of hydrogen-bond acceptors (Lipinski definition) is 4. The van der Waals surface area contributed by atoms with Gasteiger partial charge in [0.2, 0.25) is 0 Å². The molecule has 6 heteroatoms. The van der Waals surface area contributed by atoms with Crippen molar-refractivity contribution in [2.24, 2.45) is 0 Å². The van der Waals surface area contributed by atoms with Gasteiger partial charge in [0.05, 0.1) is 0 Å². The Kier molecular flexibility index (Phi) is 7.03. The minimum absolute atomic E-state index is 0.330. The third kappa shape index (κ3) is 7.15. The second kappa shape index (κ2) is 8.53. The molecule has 0 saturated carbocycles. The Morgan fingerprint density at radius 2 is 1.74 bits per heavy atom. The Labute approximate surface area is 137 Å². The molecule has 23 heavy (non-hydrogen) atoms. The van der Waals surface area contributed by atoms with Gasteiger partial charge in [-0.3, -0.25) is 4.79 Å². The highest BCUT2D eigenvalue weighted by molar-refractivity contribution is 5.73. The van der Waals surface area contributed by atoms with Gasteiger partial charge in [-0.1, -0.05) is 31.2 Å². The van der Waals surface area contributed by atoms with Gasteiger partial charge in [0, 0.05) is 13.1 Å². The van der Waals surface area contributed by atoms with Crippen molar-refractivity contribution in [3.8, 4) is 0 Å². The molecule has 1 rings (SSSR count). The van der Waals surface area contributed by atoms with Crippen LogP contribution >= 0.6 is 0 Å². The highest BCUT2D eigenvalue weighted by Gasteiger charge is 2.17. The molecule has 0 heterocycles. The molecule has 0 aliphatic rings. The number of amides is 1. The molecular weight excluding hydrogens is 296 g/mol. The Morgan fingerprint density at radius 3 is 2.22 bits per heavy atom. The molecule has 3 N–H and O–H groups in total.